The maximum absolute atomic E-state index is 12.3. The van der Waals surface area contributed by atoms with Crippen LogP contribution in [0.4, 0.5) is 0 Å². The van der Waals surface area contributed by atoms with E-state index >= 15 is 0 Å². The number of carboxylic acid groups (broad SMARTS) is 1. The zero-order valence-electron chi connectivity index (χ0n) is 18.4. The second-order valence-electron chi connectivity index (χ2n) is 8.66. The standard InChI is InChI=1S/C27H28ClNO4/c28-22-6-4-5-19(14-22)25(16-27(31)32)20-10-9-18-11-12-24(15-21(18)13-20)33-17-26(30)29-23-7-2-1-3-8-23/h4-6,9-15,23,25H,1-3,7-8,16-17H2,(H,29,30)(H,31,32). The van der Waals surface area contributed by atoms with E-state index < -0.39 is 5.97 Å². The van der Waals surface area contributed by atoms with Crippen molar-refractivity contribution in [3.8, 4) is 5.75 Å². The number of halogens is 1. The number of carboxylic acids is 1. The zero-order valence-corrected chi connectivity index (χ0v) is 19.2. The minimum atomic E-state index is -0.874. The highest BCUT2D eigenvalue weighted by atomic mass is 35.5. The Morgan fingerprint density at radius 2 is 1.73 bits per heavy atom. The highest BCUT2D eigenvalue weighted by molar-refractivity contribution is 6.30. The van der Waals surface area contributed by atoms with Crippen LogP contribution in [-0.2, 0) is 9.59 Å². The van der Waals surface area contributed by atoms with E-state index in [4.69, 9.17) is 16.3 Å². The van der Waals surface area contributed by atoms with Crippen LogP contribution in [0.25, 0.3) is 10.8 Å². The van der Waals surface area contributed by atoms with E-state index in [9.17, 15) is 14.7 Å². The van der Waals surface area contributed by atoms with E-state index in [1.807, 2.05) is 54.6 Å². The summed E-state index contributed by atoms with van der Waals surface area (Å²) in [5.41, 5.74) is 1.75. The lowest BCUT2D eigenvalue weighted by molar-refractivity contribution is -0.137. The Balaban J connectivity index is 1.51. The van der Waals surface area contributed by atoms with Crippen LogP contribution in [0.5, 0.6) is 5.75 Å². The van der Waals surface area contributed by atoms with Gasteiger partial charge in [0.2, 0.25) is 0 Å². The number of ether oxygens (including phenoxy) is 1. The van der Waals surface area contributed by atoms with Gasteiger partial charge in [-0.15, -0.1) is 0 Å². The van der Waals surface area contributed by atoms with Crippen molar-refractivity contribution < 1.29 is 19.4 Å². The minimum Gasteiger partial charge on any atom is -0.484 e. The molecule has 0 radical (unpaired) electrons. The first kappa shape index (κ1) is 23.1. The van der Waals surface area contributed by atoms with Gasteiger partial charge in [-0.3, -0.25) is 9.59 Å². The Morgan fingerprint density at radius 1 is 0.970 bits per heavy atom. The molecule has 0 aliphatic heterocycles. The summed E-state index contributed by atoms with van der Waals surface area (Å²) in [4.78, 5) is 23.8. The molecular formula is C27H28ClNO4. The Kier molecular flexibility index (Phi) is 7.50. The topological polar surface area (TPSA) is 75.6 Å². The third-order valence-electron chi connectivity index (χ3n) is 6.21. The molecule has 3 aromatic carbocycles. The van der Waals surface area contributed by atoms with Crippen molar-refractivity contribution >= 4 is 34.2 Å². The number of nitrogens with one attached hydrogen (secondary N) is 1. The number of aliphatic carboxylic acids is 1. The van der Waals surface area contributed by atoms with Crippen molar-refractivity contribution in [1.29, 1.82) is 0 Å². The number of hydrogen-bond donors (Lipinski definition) is 2. The molecule has 1 atom stereocenters. The number of amides is 1. The largest absolute Gasteiger partial charge is 0.484 e. The van der Waals surface area contributed by atoms with E-state index in [1.54, 1.807) is 6.07 Å². The molecule has 172 valence electrons. The molecule has 1 amide bonds. The second kappa shape index (κ2) is 10.7. The van der Waals surface area contributed by atoms with Gasteiger partial charge in [-0.25, -0.2) is 0 Å². The molecule has 0 heterocycles. The Morgan fingerprint density at radius 3 is 2.48 bits per heavy atom. The van der Waals surface area contributed by atoms with Gasteiger partial charge in [0.1, 0.15) is 5.75 Å². The third kappa shape index (κ3) is 6.26. The summed E-state index contributed by atoms with van der Waals surface area (Å²) in [5, 5.41) is 15.1. The first-order valence-electron chi connectivity index (χ1n) is 11.4. The van der Waals surface area contributed by atoms with Gasteiger partial charge in [0.05, 0.1) is 6.42 Å². The number of rotatable bonds is 8. The van der Waals surface area contributed by atoms with Crippen molar-refractivity contribution in [3.05, 3.63) is 76.8 Å². The van der Waals surface area contributed by atoms with Crippen LogP contribution in [-0.4, -0.2) is 29.6 Å². The number of fused-ring (bicyclic) bond motifs is 1. The summed E-state index contributed by atoms with van der Waals surface area (Å²) in [6.45, 7) is -0.0220. The van der Waals surface area contributed by atoms with Crippen molar-refractivity contribution in [3.63, 3.8) is 0 Å². The van der Waals surface area contributed by atoms with Crippen LogP contribution in [0.3, 0.4) is 0 Å². The summed E-state index contributed by atoms with van der Waals surface area (Å²) in [6.07, 6.45) is 5.60. The van der Waals surface area contributed by atoms with Gasteiger partial charge in [-0.05, 0) is 59.0 Å². The van der Waals surface area contributed by atoms with Gasteiger partial charge >= 0.3 is 5.97 Å². The Bertz CT molecular complexity index is 1140. The SMILES string of the molecule is O=C(O)CC(c1cccc(Cl)c1)c1ccc2ccc(OCC(=O)NC3CCCCC3)cc2c1. The monoisotopic (exact) mass is 465 g/mol. The van der Waals surface area contributed by atoms with Crippen molar-refractivity contribution in [2.45, 2.75) is 50.5 Å². The summed E-state index contributed by atoms with van der Waals surface area (Å²) in [7, 11) is 0. The van der Waals surface area contributed by atoms with Crippen LogP contribution >= 0.6 is 11.6 Å². The molecule has 5 nitrogen and oxygen atoms in total. The molecule has 1 fully saturated rings. The molecule has 1 saturated carbocycles. The fourth-order valence-electron chi connectivity index (χ4n) is 4.54. The minimum absolute atomic E-state index is 0.0220. The van der Waals surface area contributed by atoms with Crippen LogP contribution in [0.15, 0.2) is 60.7 Å². The van der Waals surface area contributed by atoms with Crippen LogP contribution in [0, 0.1) is 0 Å². The number of hydrogen-bond acceptors (Lipinski definition) is 3. The van der Waals surface area contributed by atoms with Gasteiger partial charge in [-0.2, -0.15) is 0 Å². The first-order chi connectivity index (χ1) is 16.0. The fourth-order valence-corrected chi connectivity index (χ4v) is 4.74. The average molecular weight is 466 g/mol. The molecular weight excluding hydrogens is 438 g/mol. The van der Waals surface area contributed by atoms with E-state index in [0.717, 1.165) is 47.6 Å². The fraction of sp³-hybridized carbons (Fsp3) is 0.333. The lowest BCUT2D eigenvalue weighted by Gasteiger charge is -2.22. The van der Waals surface area contributed by atoms with E-state index in [2.05, 4.69) is 5.32 Å². The molecule has 0 saturated heterocycles. The lowest BCUT2D eigenvalue weighted by atomic mass is 9.87. The molecule has 0 bridgehead atoms. The van der Waals surface area contributed by atoms with Crippen molar-refractivity contribution in [2.75, 3.05) is 6.61 Å². The van der Waals surface area contributed by atoms with Crippen LogP contribution in [0.1, 0.15) is 55.6 Å². The van der Waals surface area contributed by atoms with Crippen molar-refractivity contribution in [1.82, 2.24) is 5.32 Å². The van der Waals surface area contributed by atoms with E-state index in [-0.39, 0.29) is 30.9 Å². The first-order valence-corrected chi connectivity index (χ1v) is 11.8. The molecule has 1 aliphatic rings. The van der Waals surface area contributed by atoms with Gasteiger partial charge in [0, 0.05) is 17.0 Å². The molecule has 4 rings (SSSR count). The van der Waals surface area contributed by atoms with Crippen LogP contribution in [0.2, 0.25) is 5.02 Å². The Hall–Kier alpha value is -3.05. The molecule has 1 unspecified atom stereocenters. The maximum atomic E-state index is 12.3. The molecule has 0 spiro atoms. The van der Waals surface area contributed by atoms with Crippen molar-refractivity contribution in [2.24, 2.45) is 0 Å². The number of carbonyl (C=O) groups excluding carboxylic acids is 1. The highest BCUT2D eigenvalue weighted by Crippen LogP contribution is 2.32. The maximum Gasteiger partial charge on any atom is 0.304 e. The Labute approximate surface area is 198 Å². The summed E-state index contributed by atoms with van der Waals surface area (Å²) >= 11 is 6.15. The van der Waals surface area contributed by atoms with Gasteiger partial charge in [0.25, 0.3) is 5.91 Å². The predicted octanol–water partition coefficient (Wildman–Crippen LogP) is 5.93. The quantitative estimate of drug-likeness (QED) is 0.432. The summed E-state index contributed by atoms with van der Waals surface area (Å²) in [6, 6.07) is 19.2. The number of benzene rings is 3. The lowest BCUT2D eigenvalue weighted by Crippen LogP contribution is -2.38. The number of carbonyl (C=O) groups is 2. The smallest absolute Gasteiger partial charge is 0.304 e. The normalized spacial score (nSPS) is 15.2. The molecule has 0 aromatic heterocycles. The molecule has 1 aliphatic carbocycles. The summed E-state index contributed by atoms with van der Waals surface area (Å²) < 4.78 is 5.76. The van der Waals surface area contributed by atoms with Gasteiger partial charge in [-0.1, -0.05) is 67.3 Å². The second-order valence-corrected chi connectivity index (χ2v) is 9.10. The van der Waals surface area contributed by atoms with Gasteiger partial charge < -0.3 is 15.2 Å². The molecule has 33 heavy (non-hydrogen) atoms. The predicted molar refractivity (Wildman–Crippen MR) is 130 cm³/mol. The van der Waals surface area contributed by atoms with E-state index in [0.29, 0.717) is 10.8 Å². The third-order valence-corrected chi connectivity index (χ3v) is 6.44. The van der Waals surface area contributed by atoms with Gasteiger partial charge in [0.15, 0.2) is 6.61 Å². The van der Waals surface area contributed by atoms with Crippen LogP contribution < -0.4 is 10.1 Å². The average Bonchev–Trinajstić information content (AvgIpc) is 2.81. The molecule has 6 heteroatoms. The van der Waals surface area contributed by atoms with E-state index in [1.165, 1.54) is 6.42 Å². The zero-order chi connectivity index (χ0) is 23.2. The molecule has 2 N–H and O–H groups in total. The summed E-state index contributed by atoms with van der Waals surface area (Å²) in [5.74, 6) is -0.688. The highest BCUT2D eigenvalue weighted by Gasteiger charge is 2.19. The molecule has 3 aromatic rings.